The number of carbonyl (C=O) groups excluding carboxylic acids is 2. The molecule has 0 aliphatic heterocycles. The van der Waals surface area contributed by atoms with E-state index in [0.717, 1.165) is 29.8 Å². The number of likely N-dealkylation sites (N-methyl/N-ethyl adjacent to an activating group) is 1. The fraction of sp³-hybridized carbons (Fsp3) is 0.474. The van der Waals surface area contributed by atoms with Crippen molar-refractivity contribution in [2.75, 3.05) is 19.1 Å². The van der Waals surface area contributed by atoms with Gasteiger partial charge >= 0.3 is 24.2 Å². The van der Waals surface area contributed by atoms with Crippen LogP contribution < -0.4 is 4.90 Å². The highest BCUT2D eigenvalue weighted by Crippen LogP contribution is 2.34. The van der Waals surface area contributed by atoms with Crippen molar-refractivity contribution in [2.24, 2.45) is 0 Å². The molecule has 0 bridgehead atoms. The van der Waals surface area contributed by atoms with Gasteiger partial charge in [-0.15, -0.1) is 0 Å². The van der Waals surface area contributed by atoms with Crippen LogP contribution in [-0.4, -0.2) is 64.7 Å². The Kier molecular flexibility index (Phi) is 6.52. The summed E-state index contributed by atoms with van der Waals surface area (Å²) in [5.41, 5.74) is -1.22. The van der Waals surface area contributed by atoms with Gasteiger partial charge < -0.3 is 19.5 Å². The van der Waals surface area contributed by atoms with Crippen LogP contribution in [-0.2, 0) is 14.3 Å². The zero-order chi connectivity index (χ0) is 23.7. The molecule has 170 valence electrons. The first-order valence-corrected chi connectivity index (χ1v) is 9.00. The number of rotatable bonds is 5. The van der Waals surface area contributed by atoms with Crippen LogP contribution in [0.3, 0.4) is 0 Å². The number of fused-ring (bicyclic) bond motifs is 1. The lowest BCUT2D eigenvalue weighted by Crippen LogP contribution is -2.42. The minimum absolute atomic E-state index is 0.0452. The maximum absolute atomic E-state index is 12.9. The summed E-state index contributed by atoms with van der Waals surface area (Å²) in [7, 11) is 2.23. The minimum Gasteiger partial charge on any atom is -0.480 e. The number of aromatic nitrogens is 2. The topological polar surface area (TPSA) is 111 Å². The van der Waals surface area contributed by atoms with Crippen molar-refractivity contribution in [3.8, 4) is 0 Å². The van der Waals surface area contributed by atoms with Crippen LogP contribution in [0.1, 0.15) is 37.6 Å². The standard InChI is InChI=1S/C19H22F3N3O6/c1-18(2,3)31-17(29)25-9-10(16(28)30-5)13-11(6-7-23-14(13)25)24(4)12(15(26)27)8-19(20,21)22/h6-7,9,12H,8H2,1-5H3,(H,26,27)/t12-/m1/s1. The third-order valence-electron chi connectivity index (χ3n) is 4.22. The molecule has 1 N–H and O–H groups in total. The summed E-state index contributed by atoms with van der Waals surface area (Å²) in [4.78, 5) is 41.4. The second kappa shape index (κ2) is 8.44. The maximum Gasteiger partial charge on any atom is 0.420 e. The van der Waals surface area contributed by atoms with Gasteiger partial charge in [0.05, 0.1) is 30.2 Å². The Morgan fingerprint density at radius 2 is 1.87 bits per heavy atom. The number of carboxylic acids is 1. The number of esters is 1. The monoisotopic (exact) mass is 445 g/mol. The van der Waals surface area contributed by atoms with E-state index >= 15 is 0 Å². The second-order valence-electron chi connectivity index (χ2n) is 7.70. The van der Waals surface area contributed by atoms with Gasteiger partial charge in [0.2, 0.25) is 0 Å². The van der Waals surface area contributed by atoms with Crippen molar-refractivity contribution in [3.63, 3.8) is 0 Å². The fourth-order valence-electron chi connectivity index (χ4n) is 2.92. The van der Waals surface area contributed by atoms with Gasteiger partial charge in [0.25, 0.3) is 0 Å². The van der Waals surface area contributed by atoms with E-state index in [-0.39, 0.29) is 22.3 Å². The molecule has 31 heavy (non-hydrogen) atoms. The fourth-order valence-corrected chi connectivity index (χ4v) is 2.92. The lowest BCUT2D eigenvalue weighted by atomic mass is 10.1. The number of ether oxygens (including phenoxy) is 2. The average Bonchev–Trinajstić information content (AvgIpc) is 3.02. The first-order valence-electron chi connectivity index (χ1n) is 9.00. The molecule has 0 aliphatic rings. The van der Waals surface area contributed by atoms with Crippen LogP contribution >= 0.6 is 0 Å². The predicted octanol–water partition coefficient (Wildman–Crippen LogP) is 3.45. The molecule has 0 unspecified atom stereocenters. The van der Waals surface area contributed by atoms with E-state index < -0.39 is 42.3 Å². The van der Waals surface area contributed by atoms with Gasteiger partial charge in [-0.2, -0.15) is 13.2 Å². The number of hydrogen-bond acceptors (Lipinski definition) is 7. The summed E-state index contributed by atoms with van der Waals surface area (Å²) in [6.07, 6.45) is -5.00. The van der Waals surface area contributed by atoms with Crippen LogP contribution in [0.25, 0.3) is 11.0 Å². The third-order valence-corrected chi connectivity index (χ3v) is 4.22. The molecule has 0 aliphatic carbocycles. The number of alkyl halides is 3. The molecule has 0 saturated heterocycles. The molecular weight excluding hydrogens is 423 g/mol. The molecule has 0 amide bonds. The van der Waals surface area contributed by atoms with Crippen LogP contribution in [0.4, 0.5) is 23.7 Å². The van der Waals surface area contributed by atoms with Crippen molar-refractivity contribution in [3.05, 3.63) is 24.0 Å². The second-order valence-corrected chi connectivity index (χ2v) is 7.70. The molecule has 0 fully saturated rings. The number of hydrogen-bond donors (Lipinski definition) is 1. The Hall–Kier alpha value is -3.31. The third kappa shape index (κ3) is 5.44. The number of anilines is 1. The number of pyridine rings is 1. The van der Waals surface area contributed by atoms with Gasteiger partial charge in [0, 0.05) is 19.4 Å². The lowest BCUT2D eigenvalue weighted by Gasteiger charge is -2.28. The average molecular weight is 445 g/mol. The molecule has 0 radical (unpaired) electrons. The molecule has 2 aromatic heterocycles. The summed E-state index contributed by atoms with van der Waals surface area (Å²) in [6.45, 7) is 4.87. The van der Waals surface area contributed by atoms with Crippen LogP contribution in [0.15, 0.2) is 18.5 Å². The Bertz CT molecular complexity index is 1010. The van der Waals surface area contributed by atoms with Gasteiger partial charge in [-0.3, -0.25) is 0 Å². The quantitative estimate of drug-likeness (QED) is 0.697. The van der Waals surface area contributed by atoms with Crippen LogP contribution in [0.5, 0.6) is 0 Å². The Balaban J connectivity index is 2.72. The number of halogens is 3. The number of nitrogens with zero attached hydrogens (tertiary/aromatic N) is 3. The van der Waals surface area contributed by atoms with Crippen LogP contribution in [0, 0.1) is 0 Å². The van der Waals surface area contributed by atoms with Gasteiger partial charge in [0.1, 0.15) is 11.6 Å². The van der Waals surface area contributed by atoms with Crippen molar-refractivity contribution in [2.45, 2.75) is 45.0 Å². The molecule has 1 atom stereocenters. The van der Waals surface area contributed by atoms with Gasteiger partial charge in [0.15, 0.2) is 5.65 Å². The molecule has 2 heterocycles. The van der Waals surface area contributed by atoms with Gasteiger partial charge in [-0.25, -0.2) is 23.9 Å². The van der Waals surface area contributed by atoms with E-state index in [2.05, 4.69) is 4.98 Å². The van der Waals surface area contributed by atoms with E-state index in [0.29, 0.717) is 0 Å². The van der Waals surface area contributed by atoms with Crippen LogP contribution in [0.2, 0.25) is 0 Å². The molecule has 0 spiro atoms. The molecule has 12 heteroatoms. The molecule has 2 rings (SSSR count). The molecule has 9 nitrogen and oxygen atoms in total. The van der Waals surface area contributed by atoms with E-state index in [1.807, 2.05) is 0 Å². The van der Waals surface area contributed by atoms with E-state index in [1.165, 1.54) is 12.3 Å². The highest BCUT2D eigenvalue weighted by Gasteiger charge is 2.39. The smallest absolute Gasteiger partial charge is 0.420 e. The van der Waals surface area contributed by atoms with Crippen molar-refractivity contribution in [1.29, 1.82) is 0 Å². The Labute approximate surface area is 175 Å². The number of methoxy groups -OCH3 is 1. The van der Waals surface area contributed by atoms with Gasteiger partial charge in [-0.05, 0) is 26.8 Å². The highest BCUT2D eigenvalue weighted by atomic mass is 19.4. The Morgan fingerprint density at radius 1 is 1.26 bits per heavy atom. The van der Waals surface area contributed by atoms with E-state index in [1.54, 1.807) is 20.8 Å². The summed E-state index contributed by atoms with van der Waals surface area (Å²) in [5.74, 6) is -2.60. The zero-order valence-electron chi connectivity index (χ0n) is 17.5. The normalized spacial score (nSPS) is 13.0. The molecule has 0 aromatic carbocycles. The maximum atomic E-state index is 12.9. The largest absolute Gasteiger partial charge is 0.480 e. The minimum atomic E-state index is -4.75. The number of carbonyl (C=O) groups is 3. The molecule has 0 saturated carbocycles. The number of aliphatic carboxylic acids is 1. The molecule has 2 aromatic rings. The van der Waals surface area contributed by atoms with E-state index in [9.17, 15) is 32.7 Å². The van der Waals surface area contributed by atoms with Gasteiger partial charge in [-0.1, -0.05) is 0 Å². The summed E-state index contributed by atoms with van der Waals surface area (Å²) in [5, 5.41) is 9.31. The van der Waals surface area contributed by atoms with Crippen molar-refractivity contribution < 1.29 is 42.1 Å². The summed E-state index contributed by atoms with van der Waals surface area (Å²) >= 11 is 0. The predicted molar refractivity (Wildman–Crippen MR) is 103 cm³/mol. The first kappa shape index (κ1) is 24.0. The summed E-state index contributed by atoms with van der Waals surface area (Å²) in [6, 6.07) is -0.735. The zero-order valence-corrected chi connectivity index (χ0v) is 17.5. The Morgan fingerprint density at radius 3 is 2.35 bits per heavy atom. The van der Waals surface area contributed by atoms with Crippen molar-refractivity contribution >= 4 is 34.8 Å². The van der Waals surface area contributed by atoms with E-state index in [4.69, 9.17) is 9.47 Å². The summed E-state index contributed by atoms with van der Waals surface area (Å²) < 4.78 is 49.8. The first-order chi connectivity index (χ1) is 14.2. The SMILES string of the molecule is COC(=O)c1cn(C(=O)OC(C)(C)C)c2nccc(N(C)[C@H](CC(F)(F)F)C(=O)O)c12. The lowest BCUT2D eigenvalue weighted by molar-refractivity contribution is -0.156. The molecular formula is C19H22F3N3O6. The number of carboxylic acid groups (broad SMARTS) is 1. The highest BCUT2D eigenvalue weighted by molar-refractivity contribution is 6.10. The van der Waals surface area contributed by atoms with Crippen molar-refractivity contribution in [1.82, 2.24) is 9.55 Å².